The molecule has 0 aliphatic heterocycles. The zero-order chi connectivity index (χ0) is 15.4. The van der Waals surface area contributed by atoms with E-state index in [-0.39, 0.29) is 5.91 Å². The molecule has 0 saturated heterocycles. The van der Waals surface area contributed by atoms with Crippen LogP contribution in [0.25, 0.3) is 5.69 Å². The van der Waals surface area contributed by atoms with Gasteiger partial charge in [0.15, 0.2) is 0 Å². The standard InChI is InChI=1S/C18H17N3O/c1-14-4-9-17(19-13-14)20-18(22)12-15-5-7-16(8-6-15)21-10-2-3-11-21/h2-11,13H,12H2,1H3,(H,19,20,22). The van der Waals surface area contributed by atoms with Crippen LogP contribution in [-0.2, 0) is 11.2 Å². The number of aryl methyl sites for hydroxylation is 1. The first-order valence-corrected chi connectivity index (χ1v) is 7.15. The highest BCUT2D eigenvalue weighted by Gasteiger charge is 2.05. The highest BCUT2D eigenvalue weighted by atomic mass is 16.1. The lowest BCUT2D eigenvalue weighted by Crippen LogP contribution is -2.15. The van der Waals surface area contributed by atoms with E-state index in [0.29, 0.717) is 12.2 Å². The van der Waals surface area contributed by atoms with Crippen molar-refractivity contribution in [2.24, 2.45) is 0 Å². The summed E-state index contributed by atoms with van der Waals surface area (Å²) in [5.41, 5.74) is 3.12. The van der Waals surface area contributed by atoms with Gasteiger partial charge in [0, 0.05) is 24.3 Å². The Balaban J connectivity index is 1.63. The minimum Gasteiger partial charge on any atom is -0.324 e. The second-order valence-corrected chi connectivity index (χ2v) is 5.20. The summed E-state index contributed by atoms with van der Waals surface area (Å²) in [6.07, 6.45) is 6.05. The zero-order valence-corrected chi connectivity index (χ0v) is 12.4. The van der Waals surface area contributed by atoms with Gasteiger partial charge in [0.2, 0.25) is 5.91 Å². The summed E-state index contributed by atoms with van der Waals surface area (Å²) in [6.45, 7) is 1.96. The van der Waals surface area contributed by atoms with Gasteiger partial charge in [-0.25, -0.2) is 4.98 Å². The molecule has 1 aromatic carbocycles. The molecule has 0 spiro atoms. The molecule has 0 fully saturated rings. The Kier molecular flexibility index (Phi) is 4.01. The molecule has 4 nitrogen and oxygen atoms in total. The molecule has 0 radical (unpaired) electrons. The van der Waals surface area contributed by atoms with Crippen molar-refractivity contribution in [1.82, 2.24) is 9.55 Å². The van der Waals surface area contributed by atoms with Crippen LogP contribution in [0, 0.1) is 6.92 Å². The number of hydrogen-bond donors (Lipinski definition) is 1. The number of hydrogen-bond acceptors (Lipinski definition) is 2. The Hall–Kier alpha value is -2.88. The van der Waals surface area contributed by atoms with Crippen molar-refractivity contribution in [1.29, 1.82) is 0 Å². The monoisotopic (exact) mass is 291 g/mol. The van der Waals surface area contributed by atoms with E-state index >= 15 is 0 Å². The number of aromatic nitrogens is 2. The van der Waals surface area contributed by atoms with E-state index in [2.05, 4.69) is 10.3 Å². The van der Waals surface area contributed by atoms with Gasteiger partial charge in [-0.05, 0) is 48.4 Å². The van der Waals surface area contributed by atoms with Gasteiger partial charge < -0.3 is 9.88 Å². The third-order valence-electron chi connectivity index (χ3n) is 3.38. The fraction of sp³-hybridized carbons (Fsp3) is 0.111. The molecule has 0 aliphatic carbocycles. The third-order valence-corrected chi connectivity index (χ3v) is 3.38. The van der Waals surface area contributed by atoms with Crippen molar-refractivity contribution in [3.8, 4) is 5.69 Å². The first-order valence-electron chi connectivity index (χ1n) is 7.15. The highest BCUT2D eigenvalue weighted by Crippen LogP contribution is 2.11. The van der Waals surface area contributed by atoms with Crippen LogP contribution in [0.5, 0.6) is 0 Å². The Bertz CT molecular complexity index is 744. The number of anilines is 1. The number of nitrogens with one attached hydrogen (secondary N) is 1. The van der Waals surface area contributed by atoms with Crippen LogP contribution in [0.4, 0.5) is 5.82 Å². The molecule has 22 heavy (non-hydrogen) atoms. The molecular weight excluding hydrogens is 274 g/mol. The van der Waals surface area contributed by atoms with Crippen molar-refractivity contribution >= 4 is 11.7 Å². The first kappa shape index (κ1) is 14.1. The second kappa shape index (κ2) is 6.26. The molecule has 1 amide bonds. The summed E-state index contributed by atoms with van der Waals surface area (Å²) >= 11 is 0. The first-order chi connectivity index (χ1) is 10.7. The largest absolute Gasteiger partial charge is 0.324 e. The van der Waals surface area contributed by atoms with Crippen LogP contribution in [0.15, 0.2) is 67.1 Å². The third kappa shape index (κ3) is 3.41. The van der Waals surface area contributed by atoms with Crippen LogP contribution in [0.3, 0.4) is 0 Å². The molecule has 0 unspecified atom stereocenters. The lowest BCUT2D eigenvalue weighted by Gasteiger charge is -2.06. The van der Waals surface area contributed by atoms with Crippen molar-refractivity contribution in [3.63, 3.8) is 0 Å². The van der Waals surface area contributed by atoms with E-state index in [1.807, 2.05) is 72.4 Å². The maximum absolute atomic E-state index is 12.0. The zero-order valence-electron chi connectivity index (χ0n) is 12.4. The molecule has 1 N–H and O–H groups in total. The van der Waals surface area contributed by atoms with E-state index in [9.17, 15) is 4.79 Å². The normalized spacial score (nSPS) is 10.4. The van der Waals surface area contributed by atoms with Gasteiger partial charge in [0.05, 0.1) is 6.42 Å². The fourth-order valence-corrected chi connectivity index (χ4v) is 2.21. The lowest BCUT2D eigenvalue weighted by atomic mass is 10.1. The quantitative estimate of drug-likeness (QED) is 0.801. The lowest BCUT2D eigenvalue weighted by molar-refractivity contribution is -0.115. The maximum Gasteiger partial charge on any atom is 0.229 e. The number of carbonyl (C=O) groups is 1. The van der Waals surface area contributed by atoms with Crippen molar-refractivity contribution in [2.45, 2.75) is 13.3 Å². The van der Waals surface area contributed by atoms with Crippen molar-refractivity contribution in [2.75, 3.05) is 5.32 Å². The molecule has 2 heterocycles. The Morgan fingerprint density at radius 1 is 1.09 bits per heavy atom. The van der Waals surface area contributed by atoms with Gasteiger partial charge in [-0.15, -0.1) is 0 Å². The summed E-state index contributed by atoms with van der Waals surface area (Å²) in [5.74, 6) is 0.518. The molecule has 0 bridgehead atoms. The van der Waals surface area contributed by atoms with Gasteiger partial charge in [-0.2, -0.15) is 0 Å². The van der Waals surface area contributed by atoms with Crippen LogP contribution in [-0.4, -0.2) is 15.5 Å². The predicted octanol–water partition coefficient (Wildman–Crippen LogP) is 3.36. The number of nitrogens with zero attached hydrogens (tertiary/aromatic N) is 2. The molecule has 0 atom stereocenters. The fourth-order valence-electron chi connectivity index (χ4n) is 2.21. The summed E-state index contributed by atoms with van der Waals surface area (Å²) in [5, 5.41) is 2.80. The van der Waals surface area contributed by atoms with Gasteiger partial charge in [0.25, 0.3) is 0 Å². The average molecular weight is 291 g/mol. The smallest absolute Gasteiger partial charge is 0.229 e. The average Bonchev–Trinajstić information content (AvgIpc) is 3.05. The minimum absolute atomic E-state index is 0.0648. The topological polar surface area (TPSA) is 46.9 Å². The van der Waals surface area contributed by atoms with E-state index < -0.39 is 0 Å². The van der Waals surface area contributed by atoms with Gasteiger partial charge >= 0.3 is 0 Å². The summed E-state index contributed by atoms with van der Waals surface area (Å²) in [4.78, 5) is 16.2. The molecule has 3 rings (SSSR count). The summed E-state index contributed by atoms with van der Waals surface area (Å²) in [7, 11) is 0. The Morgan fingerprint density at radius 2 is 1.82 bits per heavy atom. The predicted molar refractivity (Wildman–Crippen MR) is 87.1 cm³/mol. The van der Waals surface area contributed by atoms with E-state index in [1.54, 1.807) is 6.20 Å². The van der Waals surface area contributed by atoms with Crippen LogP contribution < -0.4 is 5.32 Å². The van der Waals surface area contributed by atoms with Gasteiger partial charge in [-0.1, -0.05) is 18.2 Å². The molecule has 110 valence electrons. The Morgan fingerprint density at radius 3 is 2.45 bits per heavy atom. The highest BCUT2D eigenvalue weighted by molar-refractivity contribution is 5.91. The molecule has 3 aromatic rings. The van der Waals surface area contributed by atoms with Crippen LogP contribution in [0.1, 0.15) is 11.1 Å². The number of carbonyl (C=O) groups excluding carboxylic acids is 1. The number of amides is 1. The number of benzene rings is 1. The molecular formula is C18H17N3O. The minimum atomic E-state index is -0.0648. The van der Waals surface area contributed by atoms with E-state index in [0.717, 1.165) is 16.8 Å². The number of pyridine rings is 1. The van der Waals surface area contributed by atoms with Gasteiger partial charge in [-0.3, -0.25) is 4.79 Å². The van der Waals surface area contributed by atoms with Crippen LogP contribution in [0.2, 0.25) is 0 Å². The van der Waals surface area contributed by atoms with Crippen molar-refractivity contribution in [3.05, 3.63) is 78.2 Å². The second-order valence-electron chi connectivity index (χ2n) is 5.20. The molecule has 4 heteroatoms. The Labute approximate surface area is 129 Å². The maximum atomic E-state index is 12.0. The van der Waals surface area contributed by atoms with Crippen molar-refractivity contribution < 1.29 is 4.79 Å². The van der Waals surface area contributed by atoms with Gasteiger partial charge in [0.1, 0.15) is 5.82 Å². The summed E-state index contributed by atoms with van der Waals surface area (Å²) < 4.78 is 2.03. The van der Waals surface area contributed by atoms with Crippen LogP contribution >= 0.6 is 0 Å². The van der Waals surface area contributed by atoms with E-state index in [4.69, 9.17) is 0 Å². The molecule has 0 saturated carbocycles. The molecule has 0 aliphatic rings. The molecule has 2 aromatic heterocycles. The number of rotatable bonds is 4. The summed E-state index contributed by atoms with van der Waals surface area (Å²) in [6, 6.07) is 15.6. The SMILES string of the molecule is Cc1ccc(NC(=O)Cc2ccc(-n3cccc3)cc2)nc1. The van der Waals surface area contributed by atoms with E-state index in [1.165, 1.54) is 0 Å².